The van der Waals surface area contributed by atoms with Gasteiger partial charge in [0.1, 0.15) is 0 Å². The molecule has 0 fully saturated rings. The Morgan fingerprint density at radius 2 is 1.86 bits per heavy atom. The van der Waals surface area contributed by atoms with Crippen LogP contribution in [0, 0.1) is 6.92 Å². The Balaban J connectivity index is 1.72. The van der Waals surface area contributed by atoms with Crippen LogP contribution in [0.5, 0.6) is 0 Å². The second-order valence-electron chi connectivity index (χ2n) is 5.44. The quantitative estimate of drug-likeness (QED) is 0.796. The van der Waals surface area contributed by atoms with E-state index >= 15 is 0 Å². The summed E-state index contributed by atoms with van der Waals surface area (Å²) in [6.45, 7) is 4.87. The molecule has 0 N–H and O–H groups in total. The van der Waals surface area contributed by atoms with Gasteiger partial charge in [-0.2, -0.15) is 0 Å². The zero-order valence-corrected chi connectivity index (χ0v) is 13.2. The standard InChI is InChI=1S/C18H19NOS/c1-13-7-9-16(10-8-13)21-14(2)18(20)19-12-11-15-5-3-4-6-17(15)19/h3-10,14H,11-12H2,1-2H3/t14-/m0/s1. The lowest BCUT2D eigenvalue weighted by Gasteiger charge is -2.21. The number of para-hydroxylation sites is 1. The van der Waals surface area contributed by atoms with Gasteiger partial charge in [0.05, 0.1) is 5.25 Å². The Bertz CT molecular complexity index is 651. The van der Waals surface area contributed by atoms with Crippen LogP contribution >= 0.6 is 11.8 Å². The number of amides is 1. The first-order valence-electron chi connectivity index (χ1n) is 7.28. The molecule has 0 unspecified atom stereocenters. The summed E-state index contributed by atoms with van der Waals surface area (Å²) in [5.74, 6) is 0.200. The summed E-state index contributed by atoms with van der Waals surface area (Å²) < 4.78 is 0. The van der Waals surface area contributed by atoms with Crippen LogP contribution < -0.4 is 4.90 Å². The number of fused-ring (bicyclic) bond motifs is 1. The molecule has 0 bridgehead atoms. The molecule has 2 nitrogen and oxygen atoms in total. The fraction of sp³-hybridized carbons (Fsp3) is 0.278. The zero-order chi connectivity index (χ0) is 14.8. The smallest absolute Gasteiger partial charge is 0.240 e. The summed E-state index contributed by atoms with van der Waals surface area (Å²) in [6.07, 6.45) is 0.962. The molecule has 0 saturated carbocycles. The minimum absolute atomic E-state index is 0.0705. The van der Waals surface area contributed by atoms with Gasteiger partial charge >= 0.3 is 0 Å². The number of anilines is 1. The molecule has 1 atom stereocenters. The lowest BCUT2D eigenvalue weighted by Crippen LogP contribution is -2.35. The number of hydrogen-bond acceptors (Lipinski definition) is 2. The van der Waals surface area contributed by atoms with Crippen LogP contribution in [0.25, 0.3) is 0 Å². The highest BCUT2D eigenvalue weighted by atomic mass is 32.2. The third-order valence-electron chi connectivity index (χ3n) is 3.83. The molecule has 1 heterocycles. The molecule has 3 heteroatoms. The highest BCUT2D eigenvalue weighted by Gasteiger charge is 2.28. The van der Waals surface area contributed by atoms with Crippen molar-refractivity contribution in [3.63, 3.8) is 0 Å². The molecule has 1 aliphatic rings. The molecule has 0 aromatic heterocycles. The van der Waals surface area contributed by atoms with Crippen LogP contribution in [0.2, 0.25) is 0 Å². The van der Waals surface area contributed by atoms with Gasteiger partial charge in [0.25, 0.3) is 0 Å². The molecule has 1 amide bonds. The van der Waals surface area contributed by atoms with Crippen molar-refractivity contribution in [2.45, 2.75) is 30.4 Å². The first-order valence-corrected chi connectivity index (χ1v) is 8.16. The number of carbonyl (C=O) groups excluding carboxylic acids is 1. The summed E-state index contributed by atoms with van der Waals surface area (Å²) in [5.41, 5.74) is 3.60. The van der Waals surface area contributed by atoms with Gasteiger partial charge in [-0.05, 0) is 44.0 Å². The minimum Gasteiger partial charge on any atom is -0.311 e. The lowest BCUT2D eigenvalue weighted by molar-refractivity contribution is -0.117. The molecule has 3 rings (SSSR count). The Labute approximate surface area is 130 Å². The van der Waals surface area contributed by atoms with E-state index in [0.29, 0.717) is 0 Å². The van der Waals surface area contributed by atoms with Gasteiger partial charge < -0.3 is 4.90 Å². The Morgan fingerprint density at radius 1 is 1.14 bits per heavy atom. The number of hydrogen-bond donors (Lipinski definition) is 0. The second-order valence-corrected chi connectivity index (χ2v) is 6.86. The average Bonchev–Trinajstić information content (AvgIpc) is 2.92. The summed E-state index contributed by atoms with van der Waals surface area (Å²) in [6, 6.07) is 16.5. The molecule has 0 aliphatic carbocycles. The minimum atomic E-state index is -0.0705. The number of benzene rings is 2. The van der Waals surface area contributed by atoms with Crippen molar-refractivity contribution < 1.29 is 4.79 Å². The molecule has 108 valence electrons. The second kappa shape index (κ2) is 5.94. The van der Waals surface area contributed by atoms with Crippen LogP contribution in [0.15, 0.2) is 53.4 Å². The van der Waals surface area contributed by atoms with E-state index in [1.54, 1.807) is 11.8 Å². The number of rotatable bonds is 3. The van der Waals surface area contributed by atoms with E-state index in [2.05, 4.69) is 37.3 Å². The van der Waals surface area contributed by atoms with Crippen molar-refractivity contribution >= 4 is 23.4 Å². The average molecular weight is 297 g/mol. The van der Waals surface area contributed by atoms with E-state index in [1.165, 1.54) is 11.1 Å². The number of aryl methyl sites for hydroxylation is 1. The molecule has 2 aromatic rings. The van der Waals surface area contributed by atoms with Crippen LogP contribution in [-0.2, 0) is 11.2 Å². The van der Waals surface area contributed by atoms with Crippen molar-refractivity contribution in [2.24, 2.45) is 0 Å². The summed E-state index contributed by atoms with van der Waals surface area (Å²) >= 11 is 1.63. The van der Waals surface area contributed by atoms with Gasteiger partial charge in [-0.25, -0.2) is 0 Å². The van der Waals surface area contributed by atoms with E-state index in [9.17, 15) is 4.79 Å². The normalized spacial score (nSPS) is 14.9. The summed E-state index contributed by atoms with van der Waals surface area (Å²) in [4.78, 5) is 15.8. The number of thioether (sulfide) groups is 1. The van der Waals surface area contributed by atoms with E-state index in [1.807, 2.05) is 30.0 Å². The Hall–Kier alpha value is -1.74. The fourth-order valence-electron chi connectivity index (χ4n) is 2.66. The van der Waals surface area contributed by atoms with Gasteiger partial charge in [0.15, 0.2) is 0 Å². The maximum Gasteiger partial charge on any atom is 0.240 e. The molecule has 21 heavy (non-hydrogen) atoms. The van der Waals surface area contributed by atoms with E-state index in [-0.39, 0.29) is 11.2 Å². The maximum atomic E-state index is 12.7. The van der Waals surface area contributed by atoms with E-state index in [4.69, 9.17) is 0 Å². The van der Waals surface area contributed by atoms with Crippen molar-refractivity contribution in [1.29, 1.82) is 0 Å². The maximum absolute atomic E-state index is 12.7. The van der Waals surface area contributed by atoms with Gasteiger partial charge in [-0.3, -0.25) is 4.79 Å². The van der Waals surface area contributed by atoms with Crippen molar-refractivity contribution in [3.05, 3.63) is 59.7 Å². The fourth-order valence-corrected chi connectivity index (χ4v) is 3.59. The van der Waals surface area contributed by atoms with Crippen molar-refractivity contribution in [2.75, 3.05) is 11.4 Å². The number of carbonyl (C=O) groups is 1. The van der Waals surface area contributed by atoms with Gasteiger partial charge in [0, 0.05) is 17.1 Å². The molecule has 0 saturated heterocycles. The molecule has 0 spiro atoms. The van der Waals surface area contributed by atoms with Gasteiger partial charge in [0.2, 0.25) is 5.91 Å². The SMILES string of the molecule is Cc1ccc(S[C@@H](C)C(=O)N2CCc3ccccc32)cc1. The highest BCUT2D eigenvalue weighted by Crippen LogP contribution is 2.31. The van der Waals surface area contributed by atoms with Gasteiger partial charge in [-0.15, -0.1) is 11.8 Å². The predicted molar refractivity (Wildman–Crippen MR) is 89.0 cm³/mol. The van der Waals surface area contributed by atoms with Crippen LogP contribution in [0.1, 0.15) is 18.1 Å². The van der Waals surface area contributed by atoms with E-state index in [0.717, 1.165) is 23.5 Å². The Morgan fingerprint density at radius 3 is 2.62 bits per heavy atom. The first-order chi connectivity index (χ1) is 10.1. The first kappa shape index (κ1) is 14.2. The molecular formula is C18H19NOS. The van der Waals surface area contributed by atoms with Crippen LogP contribution in [0.4, 0.5) is 5.69 Å². The van der Waals surface area contributed by atoms with Crippen molar-refractivity contribution in [1.82, 2.24) is 0 Å². The number of nitrogens with zero attached hydrogens (tertiary/aromatic N) is 1. The summed E-state index contributed by atoms with van der Waals surface area (Å²) in [7, 11) is 0. The molecule has 0 radical (unpaired) electrons. The van der Waals surface area contributed by atoms with Gasteiger partial charge in [-0.1, -0.05) is 35.9 Å². The summed E-state index contributed by atoms with van der Waals surface area (Å²) in [5, 5.41) is -0.0705. The molecule has 1 aliphatic heterocycles. The zero-order valence-electron chi connectivity index (χ0n) is 12.4. The Kier molecular flexibility index (Phi) is 4.02. The highest BCUT2D eigenvalue weighted by molar-refractivity contribution is 8.00. The largest absolute Gasteiger partial charge is 0.311 e. The predicted octanol–water partition coefficient (Wildman–Crippen LogP) is 4.06. The van der Waals surface area contributed by atoms with Crippen molar-refractivity contribution in [3.8, 4) is 0 Å². The third kappa shape index (κ3) is 2.98. The topological polar surface area (TPSA) is 20.3 Å². The monoisotopic (exact) mass is 297 g/mol. The third-order valence-corrected chi connectivity index (χ3v) is 4.93. The molecular weight excluding hydrogens is 278 g/mol. The molecule has 2 aromatic carbocycles. The van der Waals surface area contributed by atoms with Crippen LogP contribution in [0.3, 0.4) is 0 Å². The lowest BCUT2D eigenvalue weighted by atomic mass is 10.2. The van der Waals surface area contributed by atoms with Crippen LogP contribution in [-0.4, -0.2) is 17.7 Å². The van der Waals surface area contributed by atoms with E-state index < -0.39 is 0 Å².